The van der Waals surface area contributed by atoms with Crippen molar-refractivity contribution in [2.75, 3.05) is 55.2 Å². The van der Waals surface area contributed by atoms with Gasteiger partial charge in [0, 0.05) is 38.4 Å². The van der Waals surface area contributed by atoms with Crippen LogP contribution in [0.1, 0.15) is 18.1 Å². The molecule has 1 aliphatic rings. The molecular weight excluding hydrogens is 412 g/mol. The number of nitrogens with one attached hydrogen (secondary N) is 1. The van der Waals surface area contributed by atoms with E-state index < -0.39 is 10.0 Å². The van der Waals surface area contributed by atoms with Crippen LogP contribution in [0.5, 0.6) is 0 Å². The van der Waals surface area contributed by atoms with Gasteiger partial charge in [0.2, 0.25) is 15.9 Å². The smallest absolute Gasteiger partial charge is 0.241 e. The lowest BCUT2D eigenvalue weighted by molar-refractivity contribution is -0.119. The molecule has 7 nitrogen and oxygen atoms in total. The molecule has 1 saturated heterocycles. The SMILES string of the molecule is CCc1ccc(N(CC(=O)NCc2ccc(N3CCN(C)CC3)cc2)S(C)(=O)=O)cc1. The molecule has 1 N–H and O–H groups in total. The van der Waals surface area contributed by atoms with Gasteiger partial charge in [-0.2, -0.15) is 0 Å². The minimum absolute atomic E-state index is 0.246. The van der Waals surface area contributed by atoms with Crippen molar-refractivity contribution in [3.8, 4) is 0 Å². The molecule has 0 aliphatic carbocycles. The summed E-state index contributed by atoms with van der Waals surface area (Å²) in [6, 6.07) is 15.4. The number of benzene rings is 2. The van der Waals surface area contributed by atoms with E-state index in [-0.39, 0.29) is 12.5 Å². The Hall–Kier alpha value is -2.58. The number of aryl methyl sites for hydroxylation is 1. The summed E-state index contributed by atoms with van der Waals surface area (Å²) < 4.78 is 25.6. The zero-order valence-corrected chi connectivity index (χ0v) is 19.4. The minimum Gasteiger partial charge on any atom is -0.369 e. The number of hydrogen-bond acceptors (Lipinski definition) is 5. The summed E-state index contributed by atoms with van der Waals surface area (Å²) in [5, 5.41) is 2.83. The third-order valence-corrected chi connectivity index (χ3v) is 6.76. The Kier molecular flexibility index (Phi) is 7.56. The van der Waals surface area contributed by atoms with E-state index in [1.807, 2.05) is 31.2 Å². The van der Waals surface area contributed by atoms with Gasteiger partial charge in [0.05, 0.1) is 11.9 Å². The summed E-state index contributed by atoms with van der Waals surface area (Å²) in [5.41, 5.74) is 3.76. The monoisotopic (exact) mass is 444 g/mol. The lowest BCUT2D eigenvalue weighted by Crippen LogP contribution is -2.44. The van der Waals surface area contributed by atoms with Crippen molar-refractivity contribution in [3.63, 3.8) is 0 Å². The normalized spacial score (nSPS) is 15.0. The van der Waals surface area contributed by atoms with Crippen LogP contribution in [0.4, 0.5) is 11.4 Å². The number of likely N-dealkylation sites (N-methyl/N-ethyl adjacent to an activating group) is 1. The summed E-state index contributed by atoms with van der Waals surface area (Å²) >= 11 is 0. The molecule has 2 aromatic rings. The van der Waals surface area contributed by atoms with Gasteiger partial charge >= 0.3 is 0 Å². The zero-order valence-electron chi connectivity index (χ0n) is 18.5. The molecule has 1 fully saturated rings. The van der Waals surface area contributed by atoms with E-state index in [0.717, 1.165) is 54.3 Å². The van der Waals surface area contributed by atoms with Gasteiger partial charge in [0.15, 0.2) is 0 Å². The van der Waals surface area contributed by atoms with Gasteiger partial charge in [0.25, 0.3) is 0 Å². The number of rotatable bonds is 8. The first-order chi connectivity index (χ1) is 14.8. The molecular formula is C23H32N4O3S. The third kappa shape index (κ3) is 6.45. The number of anilines is 2. The second kappa shape index (κ2) is 10.2. The summed E-state index contributed by atoms with van der Waals surface area (Å²) in [5.74, 6) is -0.340. The predicted molar refractivity (Wildman–Crippen MR) is 126 cm³/mol. The number of hydrogen-bond donors (Lipinski definition) is 1. The summed E-state index contributed by atoms with van der Waals surface area (Å²) in [6.45, 7) is 6.26. The Morgan fingerprint density at radius 1 is 0.968 bits per heavy atom. The van der Waals surface area contributed by atoms with E-state index in [9.17, 15) is 13.2 Å². The number of nitrogens with zero attached hydrogens (tertiary/aromatic N) is 3. The fraction of sp³-hybridized carbons (Fsp3) is 0.435. The fourth-order valence-corrected chi connectivity index (χ4v) is 4.43. The Morgan fingerprint density at radius 2 is 1.55 bits per heavy atom. The number of piperazine rings is 1. The number of carbonyl (C=O) groups is 1. The van der Waals surface area contributed by atoms with Gasteiger partial charge in [0.1, 0.15) is 6.54 Å². The molecule has 0 saturated carbocycles. The minimum atomic E-state index is -3.57. The van der Waals surface area contributed by atoms with Crippen molar-refractivity contribution in [3.05, 3.63) is 59.7 Å². The van der Waals surface area contributed by atoms with Crippen LogP contribution in [-0.4, -0.2) is 65.3 Å². The highest BCUT2D eigenvalue weighted by atomic mass is 32.2. The number of amides is 1. The van der Waals surface area contributed by atoms with Crippen LogP contribution in [0.15, 0.2) is 48.5 Å². The molecule has 0 atom stereocenters. The molecule has 1 aliphatic heterocycles. The van der Waals surface area contributed by atoms with E-state index in [1.165, 1.54) is 5.69 Å². The van der Waals surface area contributed by atoms with Gasteiger partial charge < -0.3 is 15.1 Å². The van der Waals surface area contributed by atoms with Crippen LogP contribution in [0.3, 0.4) is 0 Å². The zero-order chi connectivity index (χ0) is 22.4. The van der Waals surface area contributed by atoms with Gasteiger partial charge in [-0.25, -0.2) is 8.42 Å². The molecule has 8 heteroatoms. The fourth-order valence-electron chi connectivity index (χ4n) is 3.57. The first kappa shape index (κ1) is 23.1. The molecule has 0 unspecified atom stereocenters. The van der Waals surface area contributed by atoms with Gasteiger partial charge in [-0.3, -0.25) is 9.10 Å². The van der Waals surface area contributed by atoms with E-state index in [4.69, 9.17) is 0 Å². The van der Waals surface area contributed by atoms with Crippen LogP contribution in [-0.2, 0) is 27.8 Å². The molecule has 0 aromatic heterocycles. The molecule has 0 radical (unpaired) electrons. The maximum Gasteiger partial charge on any atom is 0.241 e. The first-order valence-electron chi connectivity index (χ1n) is 10.6. The Labute approximate surface area is 185 Å². The van der Waals surface area contributed by atoms with Crippen molar-refractivity contribution < 1.29 is 13.2 Å². The average molecular weight is 445 g/mol. The molecule has 2 aromatic carbocycles. The Balaban J connectivity index is 1.57. The second-order valence-electron chi connectivity index (χ2n) is 8.02. The first-order valence-corrected chi connectivity index (χ1v) is 12.5. The number of sulfonamides is 1. The van der Waals surface area contributed by atoms with E-state index in [0.29, 0.717) is 12.2 Å². The molecule has 3 rings (SSSR count). The molecule has 168 valence electrons. The molecule has 31 heavy (non-hydrogen) atoms. The standard InChI is InChI=1S/C23H32N4O3S/c1-4-19-5-11-22(12-6-19)27(31(3,29)30)18-23(28)24-17-20-7-9-21(10-8-20)26-15-13-25(2)14-16-26/h5-12H,4,13-18H2,1-3H3,(H,24,28). The van der Waals surface area contributed by atoms with Crippen molar-refractivity contribution >= 4 is 27.3 Å². The van der Waals surface area contributed by atoms with Gasteiger partial charge in [-0.15, -0.1) is 0 Å². The summed E-state index contributed by atoms with van der Waals surface area (Å²) in [4.78, 5) is 17.2. The molecule has 0 bridgehead atoms. The lowest BCUT2D eigenvalue weighted by Gasteiger charge is -2.34. The predicted octanol–water partition coefficient (Wildman–Crippen LogP) is 2.08. The molecule has 1 amide bonds. The van der Waals surface area contributed by atoms with Crippen LogP contribution in [0, 0.1) is 0 Å². The summed E-state index contributed by atoms with van der Waals surface area (Å²) in [6.07, 6.45) is 1.98. The van der Waals surface area contributed by atoms with E-state index >= 15 is 0 Å². The highest BCUT2D eigenvalue weighted by Gasteiger charge is 2.21. The van der Waals surface area contributed by atoms with Crippen molar-refractivity contribution in [1.82, 2.24) is 10.2 Å². The van der Waals surface area contributed by atoms with Crippen LogP contribution >= 0.6 is 0 Å². The number of carbonyl (C=O) groups excluding carboxylic acids is 1. The van der Waals surface area contributed by atoms with Crippen LogP contribution in [0.25, 0.3) is 0 Å². The maximum absolute atomic E-state index is 12.5. The average Bonchev–Trinajstić information content (AvgIpc) is 2.76. The summed E-state index contributed by atoms with van der Waals surface area (Å²) in [7, 11) is -1.44. The van der Waals surface area contributed by atoms with Crippen molar-refractivity contribution in [2.45, 2.75) is 19.9 Å². The second-order valence-corrected chi connectivity index (χ2v) is 9.93. The Bertz CT molecular complexity index is 967. The Morgan fingerprint density at radius 3 is 2.10 bits per heavy atom. The van der Waals surface area contributed by atoms with Crippen LogP contribution < -0.4 is 14.5 Å². The van der Waals surface area contributed by atoms with Crippen molar-refractivity contribution in [2.24, 2.45) is 0 Å². The topological polar surface area (TPSA) is 73.0 Å². The third-order valence-electron chi connectivity index (χ3n) is 5.61. The maximum atomic E-state index is 12.5. The van der Waals surface area contributed by atoms with Crippen molar-refractivity contribution in [1.29, 1.82) is 0 Å². The van der Waals surface area contributed by atoms with E-state index in [2.05, 4.69) is 34.3 Å². The van der Waals surface area contributed by atoms with E-state index in [1.54, 1.807) is 12.1 Å². The highest BCUT2D eigenvalue weighted by Crippen LogP contribution is 2.19. The van der Waals surface area contributed by atoms with Gasteiger partial charge in [-0.05, 0) is 48.9 Å². The molecule has 1 heterocycles. The lowest BCUT2D eigenvalue weighted by atomic mass is 10.1. The highest BCUT2D eigenvalue weighted by molar-refractivity contribution is 7.92. The van der Waals surface area contributed by atoms with Gasteiger partial charge in [-0.1, -0.05) is 31.2 Å². The van der Waals surface area contributed by atoms with Crippen LogP contribution in [0.2, 0.25) is 0 Å². The largest absolute Gasteiger partial charge is 0.369 e. The molecule has 0 spiro atoms. The quantitative estimate of drug-likeness (QED) is 0.675.